The van der Waals surface area contributed by atoms with Gasteiger partial charge in [0.15, 0.2) is 0 Å². The maximum absolute atomic E-state index is 11.6. The fourth-order valence-corrected chi connectivity index (χ4v) is 1.46. The Balaban J connectivity index is 2.15. The number of unbranched alkanes of at least 4 members (excludes halogenated alkanes) is 2. The first kappa shape index (κ1) is 13.5. The second-order valence-corrected chi connectivity index (χ2v) is 4.28. The summed E-state index contributed by atoms with van der Waals surface area (Å²) in [6.45, 7) is 4.69. The lowest BCUT2D eigenvalue weighted by Gasteiger charge is -2.03. The number of benzene rings is 1. The molecule has 0 atom stereocenters. The number of rotatable bonds is 6. The minimum atomic E-state index is -0.229. The number of esters is 1. The lowest BCUT2D eigenvalue weighted by Crippen LogP contribution is -2.05. The van der Waals surface area contributed by atoms with Gasteiger partial charge in [-0.3, -0.25) is 0 Å². The molecule has 2 heteroatoms. The van der Waals surface area contributed by atoms with Crippen LogP contribution >= 0.6 is 0 Å². The van der Waals surface area contributed by atoms with Crippen molar-refractivity contribution < 1.29 is 9.53 Å². The fourth-order valence-electron chi connectivity index (χ4n) is 1.46. The van der Waals surface area contributed by atoms with Crippen molar-refractivity contribution in [2.75, 3.05) is 6.61 Å². The molecule has 0 bridgehead atoms. The molecule has 0 aliphatic heterocycles. The van der Waals surface area contributed by atoms with E-state index in [2.05, 4.69) is 19.9 Å². The van der Waals surface area contributed by atoms with Crippen molar-refractivity contribution >= 4 is 5.97 Å². The highest BCUT2D eigenvalue weighted by Crippen LogP contribution is 2.04. The zero-order valence-electron chi connectivity index (χ0n) is 10.6. The van der Waals surface area contributed by atoms with Gasteiger partial charge >= 0.3 is 5.97 Å². The molecule has 0 aromatic heterocycles. The standard InChI is InChI=1S/C15H20O2/c1-13(2)9-5-4-8-12-17-15(16)14-10-6-3-7-11-14/h3,6-7,9-11H,4-5,8,12H2,1-2H3. The number of hydrogen-bond donors (Lipinski definition) is 0. The van der Waals surface area contributed by atoms with Gasteiger partial charge < -0.3 is 4.74 Å². The molecule has 2 nitrogen and oxygen atoms in total. The lowest BCUT2D eigenvalue weighted by molar-refractivity contribution is 0.0498. The van der Waals surface area contributed by atoms with Crippen LogP contribution < -0.4 is 0 Å². The molecule has 0 aliphatic carbocycles. The average molecular weight is 232 g/mol. The normalized spacial score (nSPS) is 9.76. The molecular formula is C15H20O2. The molecule has 0 saturated carbocycles. The molecule has 0 spiro atoms. The SMILES string of the molecule is CC(C)=CCCCCOC(=O)c1ccccc1. The van der Waals surface area contributed by atoms with Crippen molar-refractivity contribution in [2.45, 2.75) is 33.1 Å². The Morgan fingerprint density at radius 2 is 1.88 bits per heavy atom. The van der Waals surface area contributed by atoms with Crippen LogP contribution in [0.5, 0.6) is 0 Å². The first-order valence-electron chi connectivity index (χ1n) is 6.05. The first-order valence-corrected chi connectivity index (χ1v) is 6.05. The molecular weight excluding hydrogens is 212 g/mol. The third-order valence-electron chi connectivity index (χ3n) is 2.39. The van der Waals surface area contributed by atoms with Crippen molar-refractivity contribution in [3.63, 3.8) is 0 Å². The number of hydrogen-bond acceptors (Lipinski definition) is 2. The number of ether oxygens (including phenoxy) is 1. The largest absolute Gasteiger partial charge is 0.462 e. The highest BCUT2D eigenvalue weighted by Gasteiger charge is 2.04. The minimum absolute atomic E-state index is 0.229. The van der Waals surface area contributed by atoms with E-state index in [1.165, 1.54) is 5.57 Å². The summed E-state index contributed by atoms with van der Waals surface area (Å²) in [7, 11) is 0. The summed E-state index contributed by atoms with van der Waals surface area (Å²) in [6.07, 6.45) is 5.25. The quantitative estimate of drug-likeness (QED) is 0.421. The van der Waals surface area contributed by atoms with Crippen LogP contribution in [-0.2, 0) is 4.74 Å². The summed E-state index contributed by atoms with van der Waals surface area (Å²) in [5.74, 6) is -0.229. The van der Waals surface area contributed by atoms with Crippen LogP contribution in [0.25, 0.3) is 0 Å². The maximum atomic E-state index is 11.6. The molecule has 1 aromatic carbocycles. The van der Waals surface area contributed by atoms with Gasteiger partial charge in [0, 0.05) is 0 Å². The maximum Gasteiger partial charge on any atom is 0.338 e. The molecule has 0 N–H and O–H groups in total. The van der Waals surface area contributed by atoms with E-state index in [9.17, 15) is 4.79 Å². The molecule has 0 heterocycles. The van der Waals surface area contributed by atoms with Crippen molar-refractivity contribution in [1.82, 2.24) is 0 Å². The zero-order valence-corrected chi connectivity index (χ0v) is 10.6. The average Bonchev–Trinajstić information content (AvgIpc) is 2.34. The summed E-state index contributed by atoms with van der Waals surface area (Å²) >= 11 is 0. The van der Waals surface area contributed by atoms with Crippen LogP contribution in [-0.4, -0.2) is 12.6 Å². The Kier molecular flexibility index (Phi) is 6.08. The van der Waals surface area contributed by atoms with Gasteiger partial charge in [-0.1, -0.05) is 29.8 Å². The molecule has 0 fully saturated rings. The van der Waals surface area contributed by atoms with Crippen LogP contribution in [0.1, 0.15) is 43.5 Å². The van der Waals surface area contributed by atoms with E-state index >= 15 is 0 Å². The lowest BCUT2D eigenvalue weighted by atomic mass is 10.2. The van der Waals surface area contributed by atoms with Crippen LogP contribution in [0.15, 0.2) is 42.0 Å². The Bertz CT molecular complexity index is 362. The molecule has 1 aromatic rings. The Morgan fingerprint density at radius 1 is 1.18 bits per heavy atom. The third-order valence-corrected chi connectivity index (χ3v) is 2.39. The fraction of sp³-hybridized carbons (Fsp3) is 0.400. The highest BCUT2D eigenvalue weighted by atomic mass is 16.5. The van der Waals surface area contributed by atoms with Crippen LogP contribution in [0.2, 0.25) is 0 Å². The van der Waals surface area contributed by atoms with Gasteiger partial charge in [-0.05, 0) is 45.2 Å². The predicted octanol–water partition coefficient (Wildman–Crippen LogP) is 3.98. The molecule has 0 amide bonds. The topological polar surface area (TPSA) is 26.3 Å². The molecule has 17 heavy (non-hydrogen) atoms. The summed E-state index contributed by atoms with van der Waals surface area (Å²) in [5, 5.41) is 0. The molecule has 0 unspecified atom stereocenters. The van der Waals surface area contributed by atoms with E-state index in [1.807, 2.05) is 18.2 Å². The van der Waals surface area contributed by atoms with Gasteiger partial charge in [-0.25, -0.2) is 4.79 Å². The third kappa shape index (κ3) is 5.91. The smallest absolute Gasteiger partial charge is 0.338 e. The number of carbonyl (C=O) groups excluding carboxylic acids is 1. The van der Waals surface area contributed by atoms with E-state index < -0.39 is 0 Å². The summed E-state index contributed by atoms with van der Waals surface area (Å²) in [4.78, 5) is 11.6. The van der Waals surface area contributed by atoms with Crippen molar-refractivity contribution in [1.29, 1.82) is 0 Å². The minimum Gasteiger partial charge on any atom is -0.462 e. The van der Waals surface area contributed by atoms with Crippen molar-refractivity contribution in [3.8, 4) is 0 Å². The van der Waals surface area contributed by atoms with E-state index in [0.717, 1.165) is 19.3 Å². The van der Waals surface area contributed by atoms with Gasteiger partial charge in [0.05, 0.1) is 12.2 Å². The van der Waals surface area contributed by atoms with E-state index in [1.54, 1.807) is 12.1 Å². The molecule has 1 rings (SSSR count). The summed E-state index contributed by atoms with van der Waals surface area (Å²) in [6, 6.07) is 9.10. The van der Waals surface area contributed by atoms with Crippen molar-refractivity contribution in [2.24, 2.45) is 0 Å². The van der Waals surface area contributed by atoms with Crippen molar-refractivity contribution in [3.05, 3.63) is 47.5 Å². The van der Waals surface area contributed by atoms with E-state index in [4.69, 9.17) is 4.74 Å². The van der Waals surface area contributed by atoms with Gasteiger partial charge in [0.25, 0.3) is 0 Å². The van der Waals surface area contributed by atoms with Crippen LogP contribution in [0, 0.1) is 0 Å². The second-order valence-electron chi connectivity index (χ2n) is 4.28. The van der Waals surface area contributed by atoms with E-state index in [-0.39, 0.29) is 5.97 Å². The monoisotopic (exact) mass is 232 g/mol. The molecule has 92 valence electrons. The Labute approximate surface area is 103 Å². The molecule has 0 radical (unpaired) electrons. The predicted molar refractivity (Wildman–Crippen MR) is 70.0 cm³/mol. The zero-order chi connectivity index (χ0) is 12.5. The molecule has 0 aliphatic rings. The van der Waals surface area contributed by atoms with Gasteiger partial charge in [-0.15, -0.1) is 0 Å². The Morgan fingerprint density at radius 3 is 2.53 bits per heavy atom. The highest BCUT2D eigenvalue weighted by molar-refractivity contribution is 5.89. The number of allylic oxidation sites excluding steroid dienone is 2. The van der Waals surface area contributed by atoms with Gasteiger partial charge in [-0.2, -0.15) is 0 Å². The summed E-state index contributed by atoms with van der Waals surface area (Å²) < 4.78 is 5.18. The first-order chi connectivity index (χ1) is 8.20. The summed E-state index contributed by atoms with van der Waals surface area (Å²) in [5.41, 5.74) is 1.96. The van der Waals surface area contributed by atoms with E-state index in [0.29, 0.717) is 12.2 Å². The molecule has 0 saturated heterocycles. The van der Waals surface area contributed by atoms with Crippen LogP contribution in [0.3, 0.4) is 0 Å². The second kappa shape index (κ2) is 7.66. The van der Waals surface area contributed by atoms with Gasteiger partial charge in [0.1, 0.15) is 0 Å². The van der Waals surface area contributed by atoms with Gasteiger partial charge in [0.2, 0.25) is 0 Å². The number of carbonyl (C=O) groups is 1. The van der Waals surface area contributed by atoms with Crippen LogP contribution in [0.4, 0.5) is 0 Å². The Hall–Kier alpha value is -1.57.